The molecule has 0 spiro atoms. The number of aromatic nitrogens is 2. The van der Waals surface area contributed by atoms with Crippen LogP contribution in [0.2, 0.25) is 0 Å². The summed E-state index contributed by atoms with van der Waals surface area (Å²) in [5.74, 6) is 0.784. The first-order chi connectivity index (χ1) is 15.1. The Hall–Kier alpha value is -3.12. The standard InChI is InChI=1S/C25H30N4O2/c1-28(21-9-6-15-29(18-21)16-14-19-7-4-3-5-8-19)25(30)24-17-23(26-27-24)20-10-12-22(31-2)13-11-20/h3-5,7-8,10-13,17,21H,6,9,14-16,18H2,1-2H3,(H,26,27). The average molecular weight is 419 g/mol. The van der Waals surface area contributed by atoms with E-state index < -0.39 is 0 Å². The number of rotatable bonds is 7. The third-order valence-corrected chi connectivity index (χ3v) is 6.10. The van der Waals surface area contributed by atoms with Gasteiger partial charge in [0.2, 0.25) is 0 Å². The van der Waals surface area contributed by atoms with E-state index in [1.54, 1.807) is 7.11 Å². The van der Waals surface area contributed by atoms with E-state index in [-0.39, 0.29) is 11.9 Å². The van der Waals surface area contributed by atoms with Crippen LogP contribution in [0.3, 0.4) is 0 Å². The maximum atomic E-state index is 13.1. The van der Waals surface area contributed by atoms with E-state index in [9.17, 15) is 4.79 Å². The molecule has 2 heterocycles. The molecule has 1 aromatic heterocycles. The number of piperidine rings is 1. The van der Waals surface area contributed by atoms with Gasteiger partial charge in [0.15, 0.2) is 0 Å². The van der Waals surface area contributed by atoms with E-state index in [1.807, 2.05) is 42.3 Å². The Morgan fingerprint density at radius 3 is 2.71 bits per heavy atom. The number of hydrogen-bond donors (Lipinski definition) is 1. The maximum absolute atomic E-state index is 13.1. The molecule has 0 radical (unpaired) electrons. The molecule has 3 aromatic rings. The highest BCUT2D eigenvalue weighted by Gasteiger charge is 2.27. The van der Waals surface area contributed by atoms with Crippen LogP contribution in [-0.2, 0) is 6.42 Å². The SMILES string of the molecule is COc1ccc(-c2cc(C(=O)N(C)C3CCCN(CCc4ccccc4)C3)[nH]n2)cc1. The van der Waals surface area contributed by atoms with Crippen molar-refractivity contribution >= 4 is 5.91 Å². The van der Waals surface area contributed by atoms with Crippen molar-refractivity contribution in [3.05, 3.63) is 71.9 Å². The predicted molar refractivity (Wildman–Crippen MR) is 122 cm³/mol. The second kappa shape index (κ2) is 9.79. The lowest BCUT2D eigenvalue weighted by Gasteiger charge is -2.37. The molecule has 0 aliphatic carbocycles. The molecule has 6 nitrogen and oxygen atoms in total. The zero-order chi connectivity index (χ0) is 21.6. The minimum atomic E-state index is -0.0119. The number of nitrogens with zero attached hydrogens (tertiary/aromatic N) is 3. The average Bonchev–Trinajstić information content (AvgIpc) is 3.33. The molecule has 1 aliphatic heterocycles. The minimum absolute atomic E-state index is 0.0119. The van der Waals surface area contributed by atoms with Crippen molar-refractivity contribution in [3.63, 3.8) is 0 Å². The molecular weight excluding hydrogens is 388 g/mol. The predicted octanol–water partition coefficient (Wildman–Crippen LogP) is 3.86. The van der Waals surface area contributed by atoms with Crippen molar-refractivity contribution in [2.24, 2.45) is 0 Å². The Kier molecular flexibility index (Phi) is 6.67. The summed E-state index contributed by atoms with van der Waals surface area (Å²) in [5, 5.41) is 7.27. The fourth-order valence-electron chi connectivity index (χ4n) is 4.18. The highest BCUT2D eigenvalue weighted by molar-refractivity contribution is 5.93. The highest BCUT2D eigenvalue weighted by Crippen LogP contribution is 2.22. The van der Waals surface area contributed by atoms with Crippen molar-refractivity contribution < 1.29 is 9.53 Å². The van der Waals surface area contributed by atoms with Gasteiger partial charge in [0, 0.05) is 31.7 Å². The van der Waals surface area contributed by atoms with Crippen LogP contribution < -0.4 is 4.74 Å². The van der Waals surface area contributed by atoms with Gasteiger partial charge in [0.05, 0.1) is 12.8 Å². The summed E-state index contributed by atoms with van der Waals surface area (Å²) in [6, 6.07) is 20.3. The molecule has 2 aromatic carbocycles. The minimum Gasteiger partial charge on any atom is -0.497 e. The van der Waals surface area contributed by atoms with E-state index >= 15 is 0 Å². The third kappa shape index (κ3) is 5.14. The van der Waals surface area contributed by atoms with Gasteiger partial charge in [-0.3, -0.25) is 9.89 Å². The lowest BCUT2D eigenvalue weighted by Crippen LogP contribution is -2.49. The number of benzene rings is 2. The molecule has 1 amide bonds. The molecule has 1 unspecified atom stereocenters. The van der Waals surface area contributed by atoms with Gasteiger partial charge in [-0.15, -0.1) is 0 Å². The second-order valence-electron chi connectivity index (χ2n) is 8.14. The first-order valence-electron chi connectivity index (χ1n) is 10.9. The van der Waals surface area contributed by atoms with Crippen LogP contribution >= 0.6 is 0 Å². The molecule has 1 aliphatic rings. The van der Waals surface area contributed by atoms with Crippen molar-refractivity contribution in [2.45, 2.75) is 25.3 Å². The molecule has 4 rings (SSSR count). The largest absolute Gasteiger partial charge is 0.497 e. The van der Waals surface area contributed by atoms with Gasteiger partial charge in [-0.2, -0.15) is 5.10 Å². The molecule has 1 atom stereocenters. The normalized spacial score (nSPS) is 16.8. The Bertz CT molecular complexity index is 984. The number of likely N-dealkylation sites (N-methyl/N-ethyl adjacent to an activating group) is 1. The smallest absolute Gasteiger partial charge is 0.271 e. The molecular formula is C25H30N4O2. The van der Waals surface area contributed by atoms with Crippen molar-refractivity contribution in [2.75, 3.05) is 33.8 Å². The number of methoxy groups -OCH3 is 1. The summed E-state index contributed by atoms with van der Waals surface area (Å²) >= 11 is 0. The number of carbonyl (C=O) groups excluding carboxylic acids is 1. The van der Waals surface area contributed by atoms with Gasteiger partial charge in [0.25, 0.3) is 5.91 Å². The fourth-order valence-corrected chi connectivity index (χ4v) is 4.18. The van der Waals surface area contributed by atoms with Crippen LogP contribution in [-0.4, -0.2) is 65.7 Å². The number of aromatic amines is 1. The molecule has 1 fully saturated rings. The first-order valence-corrected chi connectivity index (χ1v) is 10.9. The van der Waals surface area contributed by atoms with E-state index in [4.69, 9.17) is 4.74 Å². The van der Waals surface area contributed by atoms with Crippen LogP contribution in [0.25, 0.3) is 11.3 Å². The lowest BCUT2D eigenvalue weighted by molar-refractivity contribution is 0.0613. The zero-order valence-electron chi connectivity index (χ0n) is 18.3. The fraction of sp³-hybridized carbons (Fsp3) is 0.360. The summed E-state index contributed by atoms with van der Waals surface area (Å²) in [4.78, 5) is 17.4. The number of carbonyl (C=O) groups is 1. The molecule has 6 heteroatoms. The van der Waals surface area contributed by atoms with Crippen LogP contribution in [0.1, 0.15) is 28.9 Å². The Morgan fingerprint density at radius 1 is 1.19 bits per heavy atom. The van der Waals surface area contributed by atoms with Gasteiger partial charge in [0.1, 0.15) is 11.4 Å². The van der Waals surface area contributed by atoms with E-state index in [1.165, 1.54) is 5.56 Å². The maximum Gasteiger partial charge on any atom is 0.271 e. The molecule has 162 valence electrons. The molecule has 1 saturated heterocycles. The molecule has 0 saturated carbocycles. The quantitative estimate of drug-likeness (QED) is 0.633. The van der Waals surface area contributed by atoms with Crippen LogP contribution in [0.4, 0.5) is 0 Å². The van der Waals surface area contributed by atoms with Crippen LogP contribution in [0.5, 0.6) is 5.75 Å². The van der Waals surface area contributed by atoms with E-state index in [0.29, 0.717) is 5.69 Å². The van der Waals surface area contributed by atoms with Crippen LogP contribution in [0.15, 0.2) is 60.7 Å². The Balaban J connectivity index is 1.36. The monoisotopic (exact) mass is 418 g/mol. The number of nitrogens with one attached hydrogen (secondary N) is 1. The Morgan fingerprint density at radius 2 is 1.97 bits per heavy atom. The highest BCUT2D eigenvalue weighted by atomic mass is 16.5. The second-order valence-corrected chi connectivity index (χ2v) is 8.14. The number of likely N-dealkylation sites (tertiary alicyclic amines) is 1. The van der Waals surface area contributed by atoms with Crippen LogP contribution in [0, 0.1) is 0 Å². The summed E-state index contributed by atoms with van der Waals surface area (Å²) in [6.07, 6.45) is 3.18. The van der Waals surface area contributed by atoms with Gasteiger partial charge in [-0.05, 0) is 61.7 Å². The molecule has 1 N–H and O–H groups in total. The lowest BCUT2D eigenvalue weighted by atomic mass is 10.0. The number of ether oxygens (including phenoxy) is 1. The van der Waals surface area contributed by atoms with Gasteiger partial charge in [-0.25, -0.2) is 0 Å². The topological polar surface area (TPSA) is 61.5 Å². The number of amides is 1. The third-order valence-electron chi connectivity index (χ3n) is 6.10. The van der Waals surface area contributed by atoms with Gasteiger partial charge >= 0.3 is 0 Å². The van der Waals surface area contributed by atoms with E-state index in [0.717, 1.165) is 55.9 Å². The van der Waals surface area contributed by atoms with Crippen molar-refractivity contribution in [3.8, 4) is 17.0 Å². The van der Waals surface area contributed by atoms with Crippen molar-refractivity contribution in [1.82, 2.24) is 20.0 Å². The first kappa shape index (κ1) is 21.1. The number of H-pyrrole nitrogens is 1. The van der Waals surface area contributed by atoms with E-state index in [2.05, 4.69) is 45.4 Å². The summed E-state index contributed by atoms with van der Waals surface area (Å²) < 4.78 is 5.21. The molecule has 31 heavy (non-hydrogen) atoms. The molecule has 0 bridgehead atoms. The Labute approximate surface area is 183 Å². The number of hydrogen-bond acceptors (Lipinski definition) is 4. The summed E-state index contributed by atoms with van der Waals surface area (Å²) in [6.45, 7) is 3.03. The van der Waals surface area contributed by atoms with Gasteiger partial charge in [-0.1, -0.05) is 30.3 Å². The summed E-state index contributed by atoms with van der Waals surface area (Å²) in [5.41, 5.74) is 3.59. The van der Waals surface area contributed by atoms with Gasteiger partial charge < -0.3 is 14.5 Å². The van der Waals surface area contributed by atoms with Crippen molar-refractivity contribution in [1.29, 1.82) is 0 Å². The summed E-state index contributed by atoms with van der Waals surface area (Å²) in [7, 11) is 3.55. The zero-order valence-corrected chi connectivity index (χ0v) is 18.3.